The summed E-state index contributed by atoms with van der Waals surface area (Å²) in [5, 5.41) is 3.45. The number of hydrogen-bond donors (Lipinski definition) is 1. The Hall–Kier alpha value is -0.130. The number of hydrogen-bond acceptors (Lipinski definition) is 4. The van der Waals surface area contributed by atoms with Crippen molar-refractivity contribution in [2.75, 3.05) is 31.1 Å². The van der Waals surface area contributed by atoms with E-state index < -0.39 is 9.84 Å². The zero-order chi connectivity index (χ0) is 15.9. The quantitative estimate of drug-likeness (QED) is 0.746. The van der Waals surface area contributed by atoms with Gasteiger partial charge in [0.15, 0.2) is 9.84 Å². The van der Waals surface area contributed by atoms with Crippen molar-refractivity contribution in [1.82, 2.24) is 10.2 Å². The SMILES string of the molecule is CCS(=O)(=O)C[C@H](C)NC[C@@H](C(C)C)N1CCCCCC1. The summed E-state index contributed by atoms with van der Waals surface area (Å²) in [6.45, 7) is 11.5. The van der Waals surface area contributed by atoms with Crippen LogP contribution in [0.2, 0.25) is 0 Å². The average molecular weight is 319 g/mol. The fraction of sp³-hybridized carbons (Fsp3) is 1.00. The predicted molar refractivity (Wildman–Crippen MR) is 90.5 cm³/mol. The molecule has 0 saturated carbocycles. The van der Waals surface area contributed by atoms with E-state index in [1.165, 1.54) is 38.8 Å². The third kappa shape index (κ3) is 7.11. The number of sulfone groups is 1. The molecular weight excluding hydrogens is 284 g/mol. The molecule has 1 saturated heterocycles. The lowest BCUT2D eigenvalue weighted by Crippen LogP contribution is -2.48. The zero-order valence-electron chi connectivity index (χ0n) is 14.3. The van der Waals surface area contributed by atoms with E-state index in [1.807, 2.05) is 6.92 Å². The van der Waals surface area contributed by atoms with Gasteiger partial charge in [-0.25, -0.2) is 8.42 Å². The molecule has 2 atom stereocenters. The zero-order valence-corrected chi connectivity index (χ0v) is 15.1. The van der Waals surface area contributed by atoms with Gasteiger partial charge >= 0.3 is 0 Å². The Morgan fingerprint density at radius 3 is 2.10 bits per heavy atom. The highest BCUT2D eigenvalue weighted by atomic mass is 32.2. The van der Waals surface area contributed by atoms with Crippen LogP contribution in [0.25, 0.3) is 0 Å². The van der Waals surface area contributed by atoms with Crippen molar-refractivity contribution >= 4 is 9.84 Å². The van der Waals surface area contributed by atoms with Crippen molar-refractivity contribution in [3.8, 4) is 0 Å². The first-order chi connectivity index (χ1) is 9.85. The Kier molecular flexibility index (Phi) is 8.21. The lowest BCUT2D eigenvalue weighted by Gasteiger charge is -2.34. The second kappa shape index (κ2) is 9.11. The van der Waals surface area contributed by atoms with Crippen LogP contribution in [0.5, 0.6) is 0 Å². The predicted octanol–water partition coefficient (Wildman–Crippen LogP) is 2.30. The van der Waals surface area contributed by atoms with E-state index in [4.69, 9.17) is 0 Å². The summed E-state index contributed by atoms with van der Waals surface area (Å²) in [5.74, 6) is 1.07. The Bertz CT molecular complexity index is 374. The molecule has 1 aliphatic heterocycles. The normalized spacial score (nSPS) is 21.2. The molecule has 0 aromatic carbocycles. The van der Waals surface area contributed by atoms with E-state index in [0.29, 0.717) is 12.0 Å². The second-order valence-corrected chi connectivity index (χ2v) is 9.17. The Morgan fingerprint density at radius 2 is 1.62 bits per heavy atom. The average Bonchev–Trinajstić information content (AvgIpc) is 2.67. The number of nitrogens with one attached hydrogen (secondary N) is 1. The second-order valence-electron chi connectivity index (χ2n) is 6.77. The van der Waals surface area contributed by atoms with Gasteiger partial charge in [-0.05, 0) is 38.8 Å². The van der Waals surface area contributed by atoms with E-state index in [9.17, 15) is 8.42 Å². The molecule has 0 spiro atoms. The Balaban J connectivity index is 2.50. The first-order valence-corrected chi connectivity index (χ1v) is 10.4. The fourth-order valence-electron chi connectivity index (χ4n) is 3.09. The smallest absolute Gasteiger partial charge is 0.151 e. The molecule has 0 bridgehead atoms. The molecule has 0 aliphatic carbocycles. The van der Waals surface area contributed by atoms with E-state index in [2.05, 4.69) is 24.1 Å². The fourth-order valence-corrected chi connectivity index (χ4v) is 4.21. The Labute approximate surface area is 131 Å². The largest absolute Gasteiger partial charge is 0.312 e. The molecule has 0 unspecified atom stereocenters. The lowest BCUT2D eigenvalue weighted by atomic mass is 10.0. The van der Waals surface area contributed by atoms with Crippen molar-refractivity contribution in [1.29, 1.82) is 0 Å². The van der Waals surface area contributed by atoms with Crippen molar-refractivity contribution in [3.05, 3.63) is 0 Å². The maximum absolute atomic E-state index is 11.7. The molecule has 0 aromatic rings. The summed E-state index contributed by atoms with van der Waals surface area (Å²) < 4.78 is 23.4. The van der Waals surface area contributed by atoms with Gasteiger partial charge in [0, 0.05) is 24.4 Å². The molecule has 4 nitrogen and oxygen atoms in total. The van der Waals surface area contributed by atoms with Crippen LogP contribution < -0.4 is 5.32 Å². The molecule has 1 N–H and O–H groups in total. The molecule has 21 heavy (non-hydrogen) atoms. The summed E-state index contributed by atoms with van der Waals surface area (Å²) in [4.78, 5) is 2.60. The molecule has 0 aromatic heterocycles. The summed E-state index contributed by atoms with van der Waals surface area (Å²) >= 11 is 0. The van der Waals surface area contributed by atoms with Gasteiger partial charge in [-0.3, -0.25) is 4.90 Å². The third-order valence-electron chi connectivity index (χ3n) is 4.50. The third-order valence-corrected chi connectivity index (χ3v) is 6.39. The van der Waals surface area contributed by atoms with Gasteiger partial charge in [0.05, 0.1) is 5.75 Å². The van der Waals surface area contributed by atoms with Crippen LogP contribution in [0.3, 0.4) is 0 Å². The van der Waals surface area contributed by atoms with Gasteiger partial charge in [0.25, 0.3) is 0 Å². The van der Waals surface area contributed by atoms with Crippen LogP contribution in [0.1, 0.15) is 53.4 Å². The Morgan fingerprint density at radius 1 is 1.05 bits per heavy atom. The molecule has 5 heteroatoms. The van der Waals surface area contributed by atoms with E-state index in [-0.39, 0.29) is 17.5 Å². The van der Waals surface area contributed by atoms with Gasteiger partial charge in [0.2, 0.25) is 0 Å². The maximum Gasteiger partial charge on any atom is 0.151 e. The topological polar surface area (TPSA) is 49.4 Å². The van der Waals surface area contributed by atoms with Crippen molar-refractivity contribution in [3.63, 3.8) is 0 Å². The first-order valence-electron chi connectivity index (χ1n) is 8.53. The summed E-state index contributed by atoms with van der Waals surface area (Å²) in [6.07, 6.45) is 5.28. The molecule has 1 rings (SSSR count). The van der Waals surface area contributed by atoms with Crippen LogP contribution in [0, 0.1) is 5.92 Å². The molecule has 1 fully saturated rings. The van der Waals surface area contributed by atoms with Gasteiger partial charge in [-0.2, -0.15) is 0 Å². The van der Waals surface area contributed by atoms with Gasteiger partial charge in [0.1, 0.15) is 0 Å². The lowest BCUT2D eigenvalue weighted by molar-refractivity contribution is 0.154. The van der Waals surface area contributed by atoms with E-state index in [0.717, 1.165) is 6.54 Å². The van der Waals surface area contributed by atoms with Crippen LogP contribution in [-0.4, -0.2) is 56.5 Å². The van der Waals surface area contributed by atoms with Crippen molar-refractivity contribution < 1.29 is 8.42 Å². The minimum absolute atomic E-state index is 0.0307. The van der Waals surface area contributed by atoms with Crippen LogP contribution in [-0.2, 0) is 9.84 Å². The van der Waals surface area contributed by atoms with Gasteiger partial charge < -0.3 is 5.32 Å². The standard InChI is InChI=1S/C16H34N2O2S/c1-5-21(19,20)13-15(4)17-12-16(14(2)3)18-10-8-6-7-9-11-18/h14-17H,5-13H2,1-4H3/t15-,16-/m0/s1. The maximum atomic E-state index is 11.7. The molecule has 0 amide bonds. The highest BCUT2D eigenvalue weighted by Gasteiger charge is 2.23. The summed E-state index contributed by atoms with van der Waals surface area (Å²) in [5.41, 5.74) is 0. The minimum Gasteiger partial charge on any atom is -0.312 e. The highest BCUT2D eigenvalue weighted by molar-refractivity contribution is 7.91. The van der Waals surface area contributed by atoms with Gasteiger partial charge in [-0.1, -0.05) is 33.6 Å². The molecule has 126 valence electrons. The van der Waals surface area contributed by atoms with Gasteiger partial charge in [-0.15, -0.1) is 0 Å². The van der Waals surface area contributed by atoms with E-state index in [1.54, 1.807) is 6.92 Å². The number of nitrogens with zero attached hydrogens (tertiary/aromatic N) is 1. The number of likely N-dealkylation sites (tertiary alicyclic amines) is 1. The van der Waals surface area contributed by atoms with E-state index >= 15 is 0 Å². The first kappa shape index (κ1) is 18.9. The van der Waals surface area contributed by atoms with Crippen molar-refractivity contribution in [2.24, 2.45) is 5.92 Å². The number of rotatable bonds is 8. The monoisotopic (exact) mass is 318 g/mol. The minimum atomic E-state index is -2.89. The van der Waals surface area contributed by atoms with Crippen LogP contribution >= 0.6 is 0 Å². The van der Waals surface area contributed by atoms with Crippen LogP contribution in [0.4, 0.5) is 0 Å². The molecular formula is C16H34N2O2S. The highest BCUT2D eigenvalue weighted by Crippen LogP contribution is 2.17. The molecule has 1 heterocycles. The van der Waals surface area contributed by atoms with Crippen LogP contribution in [0.15, 0.2) is 0 Å². The molecule has 0 radical (unpaired) electrons. The van der Waals surface area contributed by atoms with Crippen molar-refractivity contribution in [2.45, 2.75) is 65.5 Å². The summed E-state index contributed by atoms with van der Waals surface area (Å²) in [7, 11) is -2.89. The molecule has 1 aliphatic rings. The summed E-state index contributed by atoms with van der Waals surface area (Å²) in [6, 6.07) is 0.540.